The molecular weight excluding hydrogens is 338 g/mol. The molecule has 0 rings (SSSR count). The third-order valence-electron chi connectivity index (χ3n) is 1.02. The fraction of sp³-hybridized carbons (Fsp3) is 0.571. The normalized spacial score (nSPS) is 6.36. The Bertz CT molecular complexity index is 126. The molecule has 0 atom stereocenters. The second-order valence-corrected chi connectivity index (χ2v) is 1.95. The molecule has 6 N–H and O–H groups in total. The summed E-state index contributed by atoms with van der Waals surface area (Å²) in [7, 11) is 0. The van der Waals surface area contributed by atoms with E-state index in [1.165, 1.54) is 0 Å². The van der Waals surface area contributed by atoms with E-state index < -0.39 is 0 Å². The SMILES string of the molecule is C=CCNC(=O)CCC[NH-].O.O.[Y].[Y]. The molecule has 14 heavy (non-hydrogen) atoms. The zero-order valence-electron chi connectivity index (χ0n) is 8.18. The van der Waals surface area contributed by atoms with Gasteiger partial charge >= 0.3 is 0 Å². The van der Waals surface area contributed by atoms with E-state index in [4.69, 9.17) is 5.73 Å². The van der Waals surface area contributed by atoms with Crippen molar-refractivity contribution < 1.29 is 81.2 Å². The number of rotatable bonds is 5. The van der Waals surface area contributed by atoms with Crippen molar-refractivity contribution in [1.82, 2.24) is 5.32 Å². The second-order valence-electron chi connectivity index (χ2n) is 1.95. The Kier molecular flexibility index (Phi) is 50.2. The number of carbonyl (C=O) groups is 1. The summed E-state index contributed by atoms with van der Waals surface area (Å²) in [6.07, 6.45) is 2.74. The average Bonchev–Trinajstić information content (AvgIpc) is 1.97. The number of carbonyl (C=O) groups excluding carboxylic acids is 1. The second kappa shape index (κ2) is 23.8. The van der Waals surface area contributed by atoms with Gasteiger partial charge in [0, 0.05) is 78.4 Å². The molecule has 0 unspecified atom stereocenters. The predicted molar refractivity (Wildman–Crippen MR) is 48.9 cm³/mol. The molecule has 0 aliphatic rings. The Balaban J connectivity index is -0.0000000675. The molecule has 0 aromatic heterocycles. The van der Waals surface area contributed by atoms with Crippen LogP contribution in [-0.4, -0.2) is 29.9 Å². The average molecular weight is 355 g/mol. The van der Waals surface area contributed by atoms with Crippen molar-refractivity contribution >= 4 is 5.91 Å². The number of hydrogen-bond donors (Lipinski definition) is 1. The summed E-state index contributed by atoms with van der Waals surface area (Å²) in [6, 6.07) is 0. The van der Waals surface area contributed by atoms with Crippen molar-refractivity contribution in [3.63, 3.8) is 0 Å². The van der Waals surface area contributed by atoms with Crippen LogP contribution in [0.25, 0.3) is 5.73 Å². The van der Waals surface area contributed by atoms with Crippen LogP contribution in [0.2, 0.25) is 0 Å². The molecule has 0 aromatic carbocycles. The van der Waals surface area contributed by atoms with E-state index in [-0.39, 0.29) is 82.3 Å². The van der Waals surface area contributed by atoms with E-state index in [9.17, 15) is 4.79 Å². The van der Waals surface area contributed by atoms with Crippen LogP contribution in [0.4, 0.5) is 0 Å². The van der Waals surface area contributed by atoms with E-state index in [1.54, 1.807) is 6.08 Å². The maximum atomic E-state index is 10.7. The smallest absolute Gasteiger partial charge is 0.220 e. The van der Waals surface area contributed by atoms with E-state index in [0.29, 0.717) is 25.9 Å². The van der Waals surface area contributed by atoms with Crippen LogP contribution in [0.5, 0.6) is 0 Å². The molecular formula is C7H17N2O3Y2-. The quantitative estimate of drug-likeness (QED) is 0.656. The third-order valence-corrected chi connectivity index (χ3v) is 1.02. The van der Waals surface area contributed by atoms with Crippen LogP contribution in [0.1, 0.15) is 12.8 Å². The minimum Gasteiger partial charge on any atom is -0.677 e. The van der Waals surface area contributed by atoms with Crippen molar-refractivity contribution in [2.75, 3.05) is 13.1 Å². The largest absolute Gasteiger partial charge is 0.677 e. The van der Waals surface area contributed by atoms with Crippen LogP contribution in [-0.2, 0) is 70.2 Å². The fourth-order valence-corrected chi connectivity index (χ4v) is 0.523. The number of amides is 1. The monoisotopic (exact) mass is 355 g/mol. The first kappa shape index (κ1) is 29.5. The molecule has 0 aliphatic carbocycles. The van der Waals surface area contributed by atoms with Crippen molar-refractivity contribution in [3.8, 4) is 0 Å². The van der Waals surface area contributed by atoms with Crippen LogP contribution in [0, 0.1) is 0 Å². The van der Waals surface area contributed by atoms with Crippen molar-refractivity contribution in [2.45, 2.75) is 12.8 Å². The molecule has 0 spiro atoms. The summed E-state index contributed by atoms with van der Waals surface area (Å²) < 4.78 is 0. The minimum atomic E-state index is 0. The van der Waals surface area contributed by atoms with Gasteiger partial charge in [0.1, 0.15) is 0 Å². The van der Waals surface area contributed by atoms with Gasteiger partial charge < -0.3 is 22.0 Å². The molecule has 0 fully saturated rings. The van der Waals surface area contributed by atoms with E-state index >= 15 is 0 Å². The molecule has 80 valence electrons. The molecule has 0 aromatic rings. The zero-order valence-corrected chi connectivity index (χ0v) is 13.9. The Morgan fingerprint density at radius 3 is 2.21 bits per heavy atom. The maximum Gasteiger partial charge on any atom is 0.220 e. The molecule has 2 radical (unpaired) electrons. The van der Waals surface area contributed by atoms with Gasteiger partial charge in [0.2, 0.25) is 5.91 Å². The van der Waals surface area contributed by atoms with E-state index in [2.05, 4.69) is 11.9 Å². The molecule has 0 saturated heterocycles. The Morgan fingerprint density at radius 2 is 1.86 bits per heavy atom. The summed E-state index contributed by atoms with van der Waals surface area (Å²) >= 11 is 0. The topological polar surface area (TPSA) is 116 Å². The molecule has 5 nitrogen and oxygen atoms in total. The molecule has 0 heterocycles. The molecule has 0 aliphatic heterocycles. The number of nitrogens with one attached hydrogen (secondary N) is 2. The van der Waals surface area contributed by atoms with Gasteiger partial charge in [-0.2, -0.15) is 6.54 Å². The fourth-order valence-electron chi connectivity index (χ4n) is 0.523. The third kappa shape index (κ3) is 23.3. The molecule has 0 saturated carbocycles. The van der Waals surface area contributed by atoms with E-state index in [0.717, 1.165) is 0 Å². The first-order chi connectivity index (χ1) is 4.81. The predicted octanol–water partition coefficient (Wildman–Crippen LogP) is -0.533. The van der Waals surface area contributed by atoms with Gasteiger partial charge in [0.25, 0.3) is 0 Å². The van der Waals surface area contributed by atoms with Gasteiger partial charge in [-0.3, -0.25) is 4.79 Å². The summed E-state index contributed by atoms with van der Waals surface area (Å²) in [5.41, 5.74) is 6.77. The van der Waals surface area contributed by atoms with Crippen molar-refractivity contribution in [1.29, 1.82) is 0 Å². The van der Waals surface area contributed by atoms with Gasteiger partial charge in [-0.05, 0) is 0 Å². The van der Waals surface area contributed by atoms with Crippen molar-refractivity contribution in [3.05, 3.63) is 18.4 Å². The van der Waals surface area contributed by atoms with Crippen LogP contribution in [0.15, 0.2) is 12.7 Å². The first-order valence-electron chi connectivity index (χ1n) is 3.33. The standard InChI is InChI=1S/C7H13N2O.2H2O.2Y/c1-2-6-9-7(10)4-3-5-8;;;;/h2,8H,1,3-6H2,(H,9,10);2*1H2;;/q-1;;;;. The minimum absolute atomic E-state index is 0. The number of hydrogen-bond acceptors (Lipinski definition) is 1. The van der Waals surface area contributed by atoms with Gasteiger partial charge in [-0.15, -0.1) is 6.58 Å². The van der Waals surface area contributed by atoms with Gasteiger partial charge in [-0.25, -0.2) is 0 Å². The molecule has 0 bridgehead atoms. The zero-order chi connectivity index (χ0) is 7.82. The van der Waals surface area contributed by atoms with Crippen LogP contribution in [0.3, 0.4) is 0 Å². The summed E-state index contributed by atoms with van der Waals surface area (Å²) in [4.78, 5) is 10.7. The van der Waals surface area contributed by atoms with Crippen LogP contribution >= 0.6 is 0 Å². The Morgan fingerprint density at radius 1 is 1.36 bits per heavy atom. The van der Waals surface area contributed by atoms with Gasteiger partial charge in [0.15, 0.2) is 0 Å². The van der Waals surface area contributed by atoms with Gasteiger partial charge in [-0.1, -0.05) is 12.5 Å². The Hall–Kier alpha value is 1.30. The Labute approximate surface area is 135 Å². The molecule has 1 amide bonds. The van der Waals surface area contributed by atoms with Crippen LogP contribution < -0.4 is 5.32 Å². The summed E-state index contributed by atoms with van der Waals surface area (Å²) in [5, 5.41) is 2.63. The van der Waals surface area contributed by atoms with E-state index in [1.807, 2.05) is 0 Å². The summed E-state index contributed by atoms with van der Waals surface area (Å²) in [6.45, 7) is 4.31. The molecule has 7 heteroatoms. The van der Waals surface area contributed by atoms with Gasteiger partial charge in [0.05, 0.1) is 0 Å². The first-order valence-corrected chi connectivity index (χ1v) is 3.33. The maximum absolute atomic E-state index is 10.7. The van der Waals surface area contributed by atoms with Crippen molar-refractivity contribution in [2.24, 2.45) is 0 Å². The summed E-state index contributed by atoms with van der Waals surface area (Å²) in [5.74, 6) is 0.00662.